The monoisotopic (exact) mass is 303 g/mol. The first kappa shape index (κ1) is 14.1. The SMILES string of the molecule is CCOc1ccc(NC2CCc3cc(O)ccc32)cc1Cl. The summed E-state index contributed by atoms with van der Waals surface area (Å²) in [6.07, 6.45) is 2.00. The van der Waals surface area contributed by atoms with E-state index in [1.165, 1.54) is 11.1 Å². The Hall–Kier alpha value is -1.87. The van der Waals surface area contributed by atoms with E-state index in [0.29, 0.717) is 23.1 Å². The molecular formula is C17H18ClNO2. The van der Waals surface area contributed by atoms with Gasteiger partial charge < -0.3 is 15.2 Å². The van der Waals surface area contributed by atoms with Crippen LogP contribution in [0.2, 0.25) is 5.02 Å². The summed E-state index contributed by atoms with van der Waals surface area (Å²) in [7, 11) is 0. The molecule has 1 unspecified atom stereocenters. The Balaban J connectivity index is 1.78. The second kappa shape index (κ2) is 5.86. The number of hydrogen-bond acceptors (Lipinski definition) is 3. The third kappa shape index (κ3) is 2.93. The Kier molecular flexibility index (Phi) is 3.93. The van der Waals surface area contributed by atoms with Gasteiger partial charge in [-0.2, -0.15) is 0 Å². The summed E-state index contributed by atoms with van der Waals surface area (Å²) >= 11 is 6.22. The van der Waals surface area contributed by atoms with Crippen LogP contribution >= 0.6 is 11.6 Å². The minimum absolute atomic E-state index is 0.259. The number of halogens is 1. The first-order valence-electron chi connectivity index (χ1n) is 7.18. The maximum atomic E-state index is 9.54. The van der Waals surface area contributed by atoms with E-state index in [2.05, 4.69) is 5.32 Å². The van der Waals surface area contributed by atoms with Crippen LogP contribution in [0.25, 0.3) is 0 Å². The molecule has 0 spiro atoms. The highest BCUT2D eigenvalue weighted by Gasteiger charge is 2.22. The molecule has 1 aliphatic rings. The smallest absolute Gasteiger partial charge is 0.138 e. The normalized spacial score (nSPS) is 16.6. The molecule has 1 aliphatic carbocycles. The molecule has 21 heavy (non-hydrogen) atoms. The van der Waals surface area contributed by atoms with E-state index >= 15 is 0 Å². The van der Waals surface area contributed by atoms with Gasteiger partial charge in [-0.3, -0.25) is 0 Å². The summed E-state index contributed by atoms with van der Waals surface area (Å²) in [5.74, 6) is 1.04. The highest BCUT2D eigenvalue weighted by atomic mass is 35.5. The average molecular weight is 304 g/mol. The summed E-state index contributed by atoms with van der Waals surface area (Å²) in [4.78, 5) is 0. The second-order valence-electron chi connectivity index (χ2n) is 5.20. The molecule has 0 fully saturated rings. The Labute approximate surface area is 129 Å². The van der Waals surface area contributed by atoms with Crippen LogP contribution in [0.5, 0.6) is 11.5 Å². The van der Waals surface area contributed by atoms with Crippen LogP contribution in [-0.4, -0.2) is 11.7 Å². The van der Waals surface area contributed by atoms with Crippen molar-refractivity contribution in [3.8, 4) is 11.5 Å². The number of aromatic hydroxyl groups is 1. The van der Waals surface area contributed by atoms with Crippen molar-refractivity contribution < 1.29 is 9.84 Å². The molecule has 0 aromatic heterocycles. The van der Waals surface area contributed by atoms with Gasteiger partial charge >= 0.3 is 0 Å². The molecule has 4 heteroatoms. The molecule has 0 aliphatic heterocycles. The Morgan fingerprint density at radius 3 is 2.90 bits per heavy atom. The number of anilines is 1. The van der Waals surface area contributed by atoms with Gasteiger partial charge in [-0.25, -0.2) is 0 Å². The van der Waals surface area contributed by atoms with Crippen LogP contribution in [-0.2, 0) is 6.42 Å². The van der Waals surface area contributed by atoms with Crippen molar-refractivity contribution in [2.24, 2.45) is 0 Å². The topological polar surface area (TPSA) is 41.5 Å². The number of rotatable bonds is 4. The molecule has 3 rings (SSSR count). The van der Waals surface area contributed by atoms with Crippen LogP contribution in [0.4, 0.5) is 5.69 Å². The predicted molar refractivity (Wildman–Crippen MR) is 85.4 cm³/mol. The van der Waals surface area contributed by atoms with Crippen LogP contribution in [0.1, 0.15) is 30.5 Å². The zero-order valence-corrected chi connectivity index (χ0v) is 12.7. The quantitative estimate of drug-likeness (QED) is 0.871. The first-order chi connectivity index (χ1) is 10.2. The third-order valence-electron chi connectivity index (χ3n) is 3.78. The third-order valence-corrected chi connectivity index (χ3v) is 4.07. The molecule has 110 valence electrons. The highest BCUT2D eigenvalue weighted by molar-refractivity contribution is 6.32. The Morgan fingerprint density at radius 2 is 2.14 bits per heavy atom. The minimum Gasteiger partial charge on any atom is -0.508 e. The number of nitrogens with one attached hydrogen (secondary N) is 1. The fraction of sp³-hybridized carbons (Fsp3) is 0.294. The maximum Gasteiger partial charge on any atom is 0.138 e. The van der Waals surface area contributed by atoms with E-state index in [4.69, 9.17) is 16.3 Å². The zero-order chi connectivity index (χ0) is 14.8. The number of aryl methyl sites for hydroxylation is 1. The Bertz CT molecular complexity index is 657. The first-order valence-corrected chi connectivity index (χ1v) is 7.56. The molecule has 2 aromatic rings. The number of ether oxygens (including phenoxy) is 1. The van der Waals surface area contributed by atoms with Gasteiger partial charge in [0.25, 0.3) is 0 Å². The van der Waals surface area contributed by atoms with Crippen LogP contribution in [0.15, 0.2) is 36.4 Å². The largest absolute Gasteiger partial charge is 0.508 e. The van der Waals surface area contributed by atoms with Gasteiger partial charge in [-0.15, -0.1) is 0 Å². The van der Waals surface area contributed by atoms with E-state index in [9.17, 15) is 5.11 Å². The number of fused-ring (bicyclic) bond motifs is 1. The lowest BCUT2D eigenvalue weighted by atomic mass is 10.1. The van der Waals surface area contributed by atoms with Crippen LogP contribution < -0.4 is 10.1 Å². The molecule has 0 saturated heterocycles. The molecule has 1 atom stereocenters. The molecule has 0 bridgehead atoms. The summed E-state index contributed by atoms with van der Waals surface area (Å²) in [5.41, 5.74) is 3.44. The molecule has 0 saturated carbocycles. The lowest BCUT2D eigenvalue weighted by Crippen LogP contribution is -2.07. The fourth-order valence-electron chi connectivity index (χ4n) is 2.82. The van der Waals surface area contributed by atoms with Crippen molar-refractivity contribution in [2.75, 3.05) is 11.9 Å². The fourth-order valence-corrected chi connectivity index (χ4v) is 3.05. The number of hydrogen-bond donors (Lipinski definition) is 2. The predicted octanol–water partition coefficient (Wildman–Crippen LogP) is 4.54. The lowest BCUT2D eigenvalue weighted by molar-refractivity contribution is 0.340. The number of phenols is 1. The van der Waals surface area contributed by atoms with Crippen molar-refractivity contribution in [2.45, 2.75) is 25.8 Å². The van der Waals surface area contributed by atoms with Crippen molar-refractivity contribution in [3.63, 3.8) is 0 Å². The van der Waals surface area contributed by atoms with E-state index in [-0.39, 0.29) is 6.04 Å². The van der Waals surface area contributed by atoms with Crippen LogP contribution in [0, 0.1) is 0 Å². The van der Waals surface area contributed by atoms with Crippen LogP contribution in [0.3, 0.4) is 0 Å². The molecule has 0 radical (unpaired) electrons. The molecule has 2 aromatic carbocycles. The van der Waals surface area contributed by atoms with Gasteiger partial charge in [0, 0.05) is 5.69 Å². The van der Waals surface area contributed by atoms with Crippen molar-refractivity contribution >= 4 is 17.3 Å². The number of phenolic OH excluding ortho intramolecular Hbond substituents is 1. The Morgan fingerprint density at radius 1 is 1.29 bits per heavy atom. The number of benzene rings is 2. The van der Waals surface area contributed by atoms with Crippen molar-refractivity contribution in [1.82, 2.24) is 0 Å². The van der Waals surface area contributed by atoms with Gasteiger partial charge in [0.2, 0.25) is 0 Å². The van der Waals surface area contributed by atoms with Gasteiger partial charge in [-0.05, 0) is 61.2 Å². The summed E-state index contributed by atoms with van der Waals surface area (Å²) in [5, 5.41) is 13.7. The zero-order valence-electron chi connectivity index (χ0n) is 11.9. The average Bonchev–Trinajstić information content (AvgIpc) is 2.84. The molecule has 2 N–H and O–H groups in total. The van der Waals surface area contributed by atoms with E-state index in [0.717, 1.165) is 18.5 Å². The minimum atomic E-state index is 0.259. The molecule has 0 heterocycles. The lowest BCUT2D eigenvalue weighted by Gasteiger charge is -2.16. The summed E-state index contributed by atoms with van der Waals surface area (Å²) in [6, 6.07) is 11.6. The second-order valence-corrected chi connectivity index (χ2v) is 5.60. The van der Waals surface area contributed by atoms with Gasteiger partial charge in [0.05, 0.1) is 17.7 Å². The van der Waals surface area contributed by atoms with E-state index in [1.54, 1.807) is 6.07 Å². The molecular weight excluding hydrogens is 286 g/mol. The van der Waals surface area contributed by atoms with Gasteiger partial charge in [0.15, 0.2) is 0 Å². The van der Waals surface area contributed by atoms with E-state index < -0.39 is 0 Å². The summed E-state index contributed by atoms with van der Waals surface area (Å²) in [6.45, 7) is 2.54. The molecule has 0 amide bonds. The molecule has 3 nitrogen and oxygen atoms in total. The van der Waals surface area contributed by atoms with Gasteiger partial charge in [-0.1, -0.05) is 17.7 Å². The standard InChI is InChI=1S/C17H18ClNO2/c1-2-21-17-8-4-12(10-15(17)18)19-16-7-3-11-9-13(20)5-6-14(11)16/h4-6,8-10,16,19-20H,2-3,7H2,1H3. The van der Waals surface area contributed by atoms with Crippen molar-refractivity contribution in [1.29, 1.82) is 0 Å². The highest BCUT2D eigenvalue weighted by Crippen LogP contribution is 2.37. The van der Waals surface area contributed by atoms with Gasteiger partial charge in [0.1, 0.15) is 11.5 Å². The summed E-state index contributed by atoms with van der Waals surface area (Å²) < 4.78 is 5.44. The maximum absolute atomic E-state index is 9.54. The van der Waals surface area contributed by atoms with E-state index in [1.807, 2.05) is 37.3 Å². The van der Waals surface area contributed by atoms with Crippen molar-refractivity contribution in [3.05, 3.63) is 52.5 Å².